The molecule has 0 radical (unpaired) electrons. The van der Waals surface area contributed by atoms with Gasteiger partial charge in [0.25, 0.3) is 0 Å². The van der Waals surface area contributed by atoms with Crippen LogP contribution in [0, 0.1) is 10.1 Å². The van der Waals surface area contributed by atoms with E-state index in [0.29, 0.717) is 17.2 Å². The molecule has 0 aliphatic rings. The highest BCUT2D eigenvalue weighted by atomic mass is 16.6. The van der Waals surface area contributed by atoms with Crippen LogP contribution in [0.2, 0.25) is 0 Å². The molecule has 1 aromatic heterocycles. The van der Waals surface area contributed by atoms with Crippen molar-refractivity contribution in [3.8, 4) is 22.8 Å². The van der Waals surface area contributed by atoms with Gasteiger partial charge >= 0.3 is 5.69 Å². The third kappa shape index (κ3) is 3.35. The molecule has 24 heavy (non-hydrogen) atoms. The van der Waals surface area contributed by atoms with Gasteiger partial charge in [-0.15, -0.1) is 0 Å². The van der Waals surface area contributed by atoms with Crippen molar-refractivity contribution in [3.63, 3.8) is 0 Å². The van der Waals surface area contributed by atoms with Crippen molar-refractivity contribution in [2.45, 2.75) is 6.61 Å². The molecule has 0 bridgehead atoms. The number of benzene rings is 2. The van der Waals surface area contributed by atoms with Crippen LogP contribution in [0.25, 0.3) is 11.3 Å². The molecular formula is C17H14N2O5. The van der Waals surface area contributed by atoms with Crippen LogP contribution in [-0.4, -0.2) is 17.2 Å². The number of nitro benzene ring substituents is 1. The molecule has 1 heterocycles. The van der Waals surface area contributed by atoms with Gasteiger partial charge in [-0.3, -0.25) is 10.1 Å². The standard InChI is InChI=1S/C17H14N2O5/c1-22-13-7-8-17(16(10-13)19(20)21)23-11-14-9-15(18-24-14)12-5-3-2-4-6-12/h2-10H,11H2,1H3. The summed E-state index contributed by atoms with van der Waals surface area (Å²) in [5, 5.41) is 15.1. The first kappa shape index (κ1) is 15.5. The molecule has 3 rings (SSSR count). The first-order chi connectivity index (χ1) is 11.7. The minimum absolute atomic E-state index is 0.0347. The summed E-state index contributed by atoms with van der Waals surface area (Å²) in [7, 11) is 1.44. The van der Waals surface area contributed by atoms with Crippen molar-refractivity contribution in [1.29, 1.82) is 0 Å². The van der Waals surface area contributed by atoms with Crippen LogP contribution in [0.4, 0.5) is 5.69 Å². The third-order valence-electron chi connectivity index (χ3n) is 3.36. The van der Waals surface area contributed by atoms with E-state index in [2.05, 4.69) is 5.16 Å². The molecule has 0 aliphatic heterocycles. The monoisotopic (exact) mass is 326 g/mol. The van der Waals surface area contributed by atoms with Crippen LogP contribution >= 0.6 is 0 Å². The van der Waals surface area contributed by atoms with Crippen LogP contribution in [-0.2, 0) is 6.61 Å². The molecule has 0 aliphatic carbocycles. The molecule has 0 unspecified atom stereocenters. The summed E-state index contributed by atoms with van der Waals surface area (Å²) in [5.41, 5.74) is 1.43. The topological polar surface area (TPSA) is 87.6 Å². The van der Waals surface area contributed by atoms with Gasteiger partial charge in [0.2, 0.25) is 0 Å². The van der Waals surface area contributed by atoms with Crippen LogP contribution in [0.1, 0.15) is 5.76 Å². The number of hydrogen-bond acceptors (Lipinski definition) is 6. The number of hydrogen-bond donors (Lipinski definition) is 0. The van der Waals surface area contributed by atoms with Crippen LogP contribution < -0.4 is 9.47 Å². The van der Waals surface area contributed by atoms with E-state index in [1.54, 1.807) is 12.1 Å². The molecule has 7 nitrogen and oxygen atoms in total. The number of ether oxygens (including phenoxy) is 2. The SMILES string of the molecule is COc1ccc(OCc2cc(-c3ccccc3)no2)c([N+](=O)[O-])c1. The molecule has 0 spiro atoms. The van der Waals surface area contributed by atoms with Crippen molar-refractivity contribution in [1.82, 2.24) is 5.16 Å². The fourth-order valence-corrected chi connectivity index (χ4v) is 2.16. The van der Waals surface area contributed by atoms with E-state index in [1.165, 1.54) is 19.2 Å². The van der Waals surface area contributed by atoms with Crippen molar-refractivity contribution in [2.24, 2.45) is 0 Å². The highest BCUT2D eigenvalue weighted by molar-refractivity contribution is 5.58. The Bertz CT molecular complexity index is 845. The lowest BCUT2D eigenvalue weighted by Crippen LogP contribution is -1.99. The van der Waals surface area contributed by atoms with E-state index in [-0.39, 0.29) is 18.0 Å². The molecule has 0 N–H and O–H groups in total. The summed E-state index contributed by atoms with van der Waals surface area (Å²) in [6, 6.07) is 15.7. The summed E-state index contributed by atoms with van der Waals surface area (Å²) in [6.45, 7) is 0.0347. The summed E-state index contributed by atoms with van der Waals surface area (Å²) >= 11 is 0. The summed E-state index contributed by atoms with van der Waals surface area (Å²) in [5.74, 6) is 0.998. The Hall–Kier alpha value is -3.35. The first-order valence-electron chi connectivity index (χ1n) is 7.13. The van der Waals surface area contributed by atoms with E-state index < -0.39 is 4.92 Å². The molecule has 7 heteroatoms. The van der Waals surface area contributed by atoms with Gasteiger partial charge in [-0.1, -0.05) is 35.5 Å². The average molecular weight is 326 g/mol. The molecule has 2 aromatic carbocycles. The normalized spacial score (nSPS) is 10.4. The van der Waals surface area contributed by atoms with Crippen molar-refractivity contribution < 1.29 is 18.9 Å². The zero-order valence-corrected chi connectivity index (χ0v) is 12.8. The number of aromatic nitrogens is 1. The molecule has 3 aromatic rings. The highest BCUT2D eigenvalue weighted by Crippen LogP contribution is 2.31. The predicted molar refractivity (Wildman–Crippen MR) is 85.9 cm³/mol. The molecule has 0 amide bonds. The Kier molecular flexibility index (Phi) is 4.42. The minimum atomic E-state index is -0.520. The summed E-state index contributed by atoms with van der Waals surface area (Å²) < 4.78 is 15.7. The van der Waals surface area contributed by atoms with Gasteiger partial charge in [0, 0.05) is 11.6 Å². The zero-order chi connectivity index (χ0) is 16.9. The van der Waals surface area contributed by atoms with Gasteiger partial charge < -0.3 is 14.0 Å². The van der Waals surface area contributed by atoms with Gasteiger partial charge in [-0.2, -0.15) is 0 Å². The molecule has 0 saturated heterocycles. The maximum atomic E-state index is 11.1. The van der Waals surface area contributed by atoms with Crippen LogP contribution in [0.5, 0.6) is 11.5 Å². The second kappa shape index (κ2) is 6.82. The van der Waals surface area contributed by atoms with E-state index in [1.807, 2.05) is 30.3 Å². The number of methoxy groups -OCH3 is 1. The Balaban J connectivity index is 1.75. The maximum Gasteiger partial charge on any atom is 0.314 e. The average Bonchev–Trinajstić information content (AvgIpc) is 3.09. The van der Waals surface area contributed by atoms with Crippen molar-refractivity contribution in [2.75, 3.05) is 7.11 Å². The zero-order valence-electron chi connectivity index (χ0n) is 12.8. The molecule has 0 atom stereocenters. The second-order valence-electron chi connectivity index (χ2n) is 4.92. The fraction of sp³-hybridized carbons (Fsp3) is 0.118. The van der Waals surface area contributed by atoms with Crippen molar-refractivity contribution >= 4 is 5.69 Å². The molecular weight excluding hydrogens is 312 g/mol. The Labute approximate surface area is 137 Å². The van der Waals surface area contributed by atoms with Gasteiger partial charge in [-0.25, -0.2) is 0 Å². The minimum Gasteiger partial charge on any atom is -0.496 e. The first-order valence-corrected chi connectivity index (χ1v) is 7.13. The van der Waals surface area contributed by atoms with Crippen molar-refractivity contribution in [3.05, 3.63) is 70.5 Å². The fourth-order valence-electron chi connectivity index (χ4n) is 2.16. The van der Waals surface area contributed by atoms with E-state index in [9.17, 15) is 10.1 Å². The van der Waals surface area contributed by atoms with Gasteiger partial charge in [-0.05, 0) is 12.1 Å². The molecule has 0 saturated carbocycles. The number of nitrogens with zero attached hydrogens (tertiary/aromatic N) is 2. The van der Waals surface area contributed by atoms with Crippen LogP contribution in [0.3, 0.4) is 0 Å². The second-order valence-corrected chi connectivity index (χ2v) is 4.92. The number of rotatable bonds is 6. The van der Waals surface area contributed by atoms with E-state index in [0.717, 1.165) is 5.56 Å². The lowest BCUT2D eigenvalue weighted by molar-refractivity contribution is -0.386. The Morgan fingerprint density at radius 1 is 1.17 bits per heavy atom. The van der Waals surface area contributed by atoms with Gasteiger partial charge in [0.15, 0.2) is 11.5 Å². The Morgan fingerprint density at radius 3 is 2.67 bits per heavy atom. The Morgan fingerprint density at radius 2 is 1.96 bits per heavy atom. The summed E-state index contributed by atoms with van der Waals surface area (Å²) in [4.78, 5) is 10.6. The van der Waals surface area contributed by atoms with E-state index in [4.69, 9.17) is 14.0 Å². The third-order valence-corrected chi connectivity index (χ3v) is 3.36. The lowest BCUT2D eigenvalue weighted by atomic mass is 10.1. The smallest absolute Gasteiger partial charge is 0.314 e. The van der Waals surface area contributed by atoms with Gasteiger partial charge in [0.1, 0.15) is 18.1 Å². The van der Waals surface area contributed by atoms with E-state index >= 15 is 0 Å². The lowest BCUT2D eigenvalue weighted by Gasteiger charge is -2.06. The maximum absolute atomic E-state index is 11.1. The molecule has 122 valence electrons. The van der Waals surface area contributed by atoms with Gasteiger partial charge in [0.05, 0.1) is 18.1 Å². The summed E-state index contributed by atoms with van der Waals surface area (Å²) in [6.07, 6.45) is 0. The predicted octanol–water partition coefficient (Wildman–Crippen LogP) is 3.84. The van der Waals surface area contributed by atoms with Crippen LogP contribution in [0.15, 0.2) is 59.1 Å². The quantitative estimate of drug-likeness (QED) is 0.505. The molecule has 0 fully saturated rings. The highest BCUT2D eigenvalue weighted by Gasteiger charge is 2.17. The number of nitro groups is 1. The largest absolute Gasteiger partial charge is 0.496 e.